The highest BCUT2D eigenvalue weighted by Crippen LogP contribution is 2.37. The molecule has 1 N–H and O–H groups in total. The van der Waals surface area contributed by atoms with E-state index in [2.05, 4.69) is 26.7 Å². The smallest absolute Gasteiger partial charge is 0.261 e. The Hall–Kier alpha value is -3.83. The van der Waals surface area contributed by atoms with Gasteiger partial charge in [0.05, 0.1) is 27.6 Å². The molecule has 0 spiro atoms. The Morgan fingerprint density at radius 1 is 1.06 bits per heavy atom. The number of rotatable bonds is 5. The maximum absolute atomic E-state index is 13.1. The van der Waals surface area contributed by atoms with Gasteiger partial charge in [0.2, 0.25) is 0 Å². The summed E-state index contributed by atoms with van der Waals surface area (Å²) in [7, 11) is -1.99. The maximum Gasteiger partial charge on any atom is 0.261 e. The van der Waals surface area contributed by atoms with Crippen LogP contribution in [-0.2, 0) is 17.1 Å². The number of aryl methyl sites for hydroxylation is 1. The molecule has 0 bridgehead atoms. The minimum atomic E-state index is -3.89. The molecule has 4 aromatic rings. The van der Waals surface area contributed by atoms with Crippen LogP contribution in [0.1, 0.15) is 18.4 Å². The molecule has 5 rings (SSSR count). The number of aromatic nitrogens is 2. The Labute approximate surface area is 193 Å². The van der Waals surface area contributed by atoms with Crippen molar-refractivity contribution in [3.05, 3.63) is 72.6 Å². The minimum absolute atomic E-state index is 0.0417. The average Bonchev–Trinajstić information content (AvgIpc) is 3.48. The molecule has 8 heteroatoms. The van der Waals surface area contributed by atoms with Crippen LogP contribution in [0.5, 0.6) is 0 Å². The summed E-state index contributed by atoms with van der Waals surface area (Å²) in [6, 6.07) is 18.0. The van der Waals surface area contributed by atoms with Crippen LogP contribution in [0.15, 0.2) is 71.9 Å². The van der Waals surface area contributed by atoms with Crippen LogP contribution in [0.25, 0.3) is 22.2 Å². The van der Waals surface area contributed by atoms with Gasteiger partial charge in [-0.15, -0.1) is 0 Å². The van der Waals surface area contributed by atoms with Gasteiger partial charge >= 0.3 is 0 Å². The lowest BCUT2D eigenvalue weighted by atomic mass is 10.0. The number of fused-ring (bicyclic) bond motifs is 1. The second-order valence-corrected chi connectivity index (χ2v) is 9.88. The number of hydrogen-bond donors (Lipinski definition) is 1. The molecule has 0 aliphatic carbocycles. The Balaban J connectivity index is 1.61. The summed E-state index contributed by atoms with van der Waals surface area (Å²) < 4.78 is 30.9. The van der Waals surface area contributed by atoms with E-state index in [0.717, 1.165) is 29.6 Å². The molecule has 0 saturated carbocycles. The van der Waals surface area contributed by atoms with E-state index in [4.69, 9.17) is 5.26 Å². The Morgan fingerprint density at radius 3 is 2.64 bits per heavy atom. The summed E-state index contributed by atoms with van der Waals surface area (Å²) in [4.78, 5) is 6.91. The number of hydrogen-bond acceptors (Lipinski definition) is 5. The van der Waals surface area contributed by atoms with Crippen molar-refractivity contribution in [1.29, 1.82) is 5.26 Å². The molecule has 1 aliphatic heterocycles. The second-order valence-electron chi connectivity index (χ2n) is 8.20. The Morgan fingerprint density at radius 2 is 1.85 bits per heavy atom. The molecular weight excluding hydrogens is 434 g/mol. The molecule has 3 heterocycles. The summed E-state index contributed by atoms with van der Waals surface area (Å²) >= 11 is 0. The fourth-order valence-electron chi connectivity index (χ4n) is 4.39. The highest BCUT2D eigenvalue weighted by atomic mass is 32.2. The topological polar surface area (TPSA) is 91.0 Å². The molecular formula is C25H23N5O2S. The van der Waals surface area contributed by atoms with Crippen LogP contribution in [0.2, 0.25) is 0 Å². The number of benzene rings is 2. The van der Waals surface area contributed by atoms with E-state index in [1.54, 1.807) is 24.4 Å². The van der Waals surface area contributed by atoms with E-state index in [9.17, 15) is 8.42 Å². The molecule has 0 atom stereocenters. The van der Waals surface area contributed by atoms with Crippen LogP contribution in [0, 0.1) is 11.3 Å². The molecule has 2 aromatic carbocycles. The molecule has 0 amide bonds. The fourth-order valence-corrected chi connectivity index (χ4v) is 5.51. The van der Waals surface area contributed by atoms with Gasteiger partial charge in [0, 0.05) is 43.8 Å². The molecule has 0 unspecified atom stereocenters. The van der Waals surface area contributed by atoms with Gasteiger partial charge < -0.3 is 9.47 Å². The normalized spacial score (nSPS) is 13.9. The standard InChI is InChI=1S/C25H23N5O2S/c1-29-17-22(19-7-5-8-20(15-19)30-12-2-3-13-30)24-23(10-11-27-25(24)29)28-33(31,32)21-9-4-6-18(14-21)16-26/h4-11,14-15,17H,2-3,12-13H2,1H3,(H,27,28). The van der Waals surface area contributed by atoms with Gasteiger partial charge in [-0.2, -0.15) is 5.26 Å². The van der Waals surface area contributed by atoms with Gasteiger partial charge in [0.25, 0.3) is 10.0 Å². The molecule has 1 saturated heterocycles. The molecule has 166 valence electrons. The first-order valence-electron chi connectivity index (χ1n) is 10.8. The van der Waals surface area contributed by atoms with E-state index >= 15 is 0 Å². The first-order chi connectivity index (χ1) is 16.0. The summed E-state index contributed by atoms with van der Waals surface area (Å²) in [6.07, 6.45) is 5.97. The van der Waals surface area contributed by atoms with Crippen LogP contribution in [-0.4, -0.2) is 31.1 Å². The van der Waals surface area contributed by atoms with E-state index in [1.807, 2.05) is 36.0 Å². The lowest BCUT2D eigenvalue weighted by molar-refractivity contribution is 0.601. The molecule has 0 radical (unpaired) electrons. The van der Waals surface area contributed by atoms with Crippen molar-refractivity contribution < 1.29 is 8.42 Å². The predicted octanol–water partition coefficient (Wildman–Crippen LogP) is 4.51. The zero-order valence-electron chi connectivity index (χ0n) is 18.2. The highest BCUT2D eigenvalue weighted by molar-refractivity contribution is 7.92. The number of nitrogens with one attached hydrogen (secondary N) is 1. The van der Waals surface area contributed by atoms with Gasteiger partial charge in [-0.05, 0) is 54.8 Å². The summed E-state index contributed by atoms with van der Waals surface area (Å²) in [5.74, 6) is 0. The largest absolute Gasteiger partial charge is 0.372 e. The second kappa shape index (κ2) is 8.26. The summed E-state index contributed by atoms with van der Waals surface area (Å²) in [5.41, 5.74) is 4.50. The molecule has 1 aliphatic rings. The number of anilines is 2. The van der Waals surface area contributed by atoms with Gasteiger partial charge in [0.1, 0.15) is 5.65 Å². The van der Waals surface area contributed by atoms with Crippen LogP contribution in [0.4, 0.5) is 11.4 Å². The van der Waals surface area contributed by atoms with Gasteiger partial charge in [0.15, 0.2) is 0 Å². The SMILES string of the molecule is Cn1cc(-c2cccc(N3CCCC3)c2)c2c(NS(=O)(=O)c3cccc(C#N)c3)ccnc21. The lowest BCUT2D eigenvalue weighted by Crippen LogP contribution is -2.17. The van der Waals surface area contributed by atoms with Crippen molar-refractivity contribution in [1.82, 2.24) is 9.55 Å². The van der Waals surface area contributed by atoms with E-state index in [-0.39, 0.29) is 10.5 Å². The maximum atomic E-state index is 13.1. The third-order valence-corrected chi connectivity index (χ3v) is 7.37. The third-order valence-electron chi connectivity index (χ3n) is 6.00. The number of nitriles is 1. The fraction of sp³-hybridized carbons (Fsp3) is 0.200. The summed E-state index contributed by atoms with van der Waals surface area (Å²) in [5, 5.41) is 9.88. The summed E-state index contributed by atoms with van der Waals surface area (Å²) in [6.45, 7) is 2.10. The van der Waals surface area contributed by atoms with Gasteiger partial charge in [-0.25, -0.2) is 13.4 Å². The lowest BCUT2D eigenvalue weighted by Gasteiger charge is -2.18. The van der Waals surface area contributed by atoms with Crippen molar-refractivity contribution in [2.45, 2.75) is 17.7 Å². The molecule has 33 heavy (non-hydrogen) atoms. The Bertz CT molecular complexity index is 1500. The highest BCUT2D eigenvalue weighted by Gasteiger charge is 2.21. The van der Waals surface area contributed by atoms with Gasteiger partial charge in [-0.3, -0.25) is 4.72 Å². The predicted molar refractivity (Wildman–Crippen MR) is 130 cm³/mol. The van der Waals surface area contributed by atoms with E-state index in [1.165, 1.54) is 30.7 Å². The van der Waals surface area contributed by atoms with Crippen LogP contribution >= 0.6 is 0 Å². The van der Waals surface area contributed by atoms with Gasteiger partial charge in [-0.1, -0.05) is 18.2 Å². The molecule has 1 fully saturated rings. The average molecular weight is 458 g/mol. The zero-order valence-corrected chi connectivity index (χ0v) is 19.0. The number of sulfonamides is 1. The third kappa shape index (κ3) is 3.92. The van der Waals surface area contributed by atoms with Crippen molar-refractivity contribution in [2.75, 3.05) is 22.7 Å². The first-order valence-corrected chi connectivity index (χ1v) is 12.3. The van der Waals surface area contributed by atoms with Crippen molar-refractivity contribution in [2.24, 2.45) is 7.05 Å². The number of nitrogens with zero attached hydrogens (tertiary/aromatic N) is 4. The van der Waals surface area contributed by atoms with E-state index in [0.29, 0.717) is 11.3 Å². The quantitative estimate of drug-likeness (QED) is 0.476. The molecule has 7 nitrogen and oxygen atoms in total. The minimum Gasteiger partial charge on any atom is -0.372 e. The Kier molecular flexibility index (Phi) is 5.27. The van der Waals surface area contributed by atoms with Crippen molar-refractivity contribution in [3.8, 4) is 17.2 Å². The van der Waals surface area contributed by atoms with Crippen LogP contribution in [0.3, 0.4) is 0 Å². The van der Waals surface area contributed by atoms with Crippen molar-refractivity contribution >= 4 is 32.4 Å². The number of pyridine rings is 1. The van der Waals surface area contributed by atoms with Crippen LogP contribution < -0.4 is 9.62 Å². The zero-order chi connectivity index (χ0) is 23.0. The van der Waals surface area contributed by atoms with Crippen molar-refractivity contribution in [3.63, 3.8) is 0 Å². The first kappa shape index (κ1) is 21.0. The van der Waals surface area contributed by atoms with E-state index < -0.39 is 10.0 Å². The monoisotopic (exact) mass is 457 g/mol. The molecule has 2 aromatic heterocycles.